The molecule has 4 nitrogen and oxygen atoms in total. The molecule has 0 unspecified atom stereocenters. The van der Waals surface area contributed by atoms with Crippen LogP contribution in [0.4, 0.5) is 0 Å². The Morgan fingerprint density at radius 3 is 2.25 bits per heavy atom. The Labute approximate surface area is 96.1 Å². The normalized spacial score (nSPS) is 20.4. The fourth-order valence-electron chi connectivity index (χ4n) is 2.05. The Hall–Kier alpha value is -0.900. The molecule has 1 aliphatic rings. The summed E-state index contributed by atoms with van der Waals surface area (Å²) in [5.41, 5.74) is -0.930. The van der Waals surface area contributed by atoms with Crippen molar-refractivity contribution >= 4 is 0 Å². The summed E-state index contributed by atoms with van der Waals surface area (Å²) in [5, 5.41) is 18.7. The summed E-state index contributed by atoms with van der Waals surface area (Å²) in [6, 6.07) is 0. The molecule has 1 aromatic rings. The van der Waals surface area contributed by atoms with E-state index in [1.165, 1.54) is 0 Å². The first-order valence-corrected chi connectivity index (χ1v) is 6.02. The van der Waals surface area contributed by atoms with Gasteiger partial charge < -0.3 is 9.52 Å². The largest absolute Gasteiger partial charge is 0.422 e. The van der Waals surface area contributed by atoms with E-state index in [1.807, 2.05) is 27.7 Å². The number of hydrogen-bond donors (Lipinski definition) is 1. The summed E-state index contributed by atoms with van der Waals surface area (Å²) < 4.78 is 5.60. The highest BCUT2D eigenvalue weighted by atomic mass is 16.4. The maximum absolute atomic E-state index is 10.7. The lowest BCUT2D eigenvalue weighted by atomic mass is 9.85. The van der Waals surface area contributed by atoms with Gasteiger partial charge in [0.05, 0.1) is 0 Å². The summed E-state index contributed by atoms with van der Waals surface area (Å²) in [5.74, 6) is 1.59. The predicted molar refractivity (Wildman–Crippen MR) is 59.8 cm³/mol. The van der Waals surface area contributed by atoms with Gasteiger partial charge in [0, 0.05) is 5.92 Å². The minimum atomic E-state index is -0.930. The monoisotopic (exact) mass is 224 g/mol. The number of aliphatic hydroxyl groups is 1. The molecule has 0 spiro atoms. The highest BCUT2D eigenvalue weighted by molar-refractivity contribution is 5.07. The minimum absolute atomic E-state index is 0.0977. The third-order valence-electron chi connectivity index (χ3n) is 3.36. The van der Waals surface area contributed by atoms with Crippen LogP contribution in [0.15, 0.2) is 4.42 Å². The second-order valence-electron chi connectivity index (χ2n) is 5.35. The van der Waals surface area contributed by atoms with Gasteiger partial charge >= 0.3 is 0 Å². The zero-order valence-corrected chi connectivity index (χ0v) is 10.4. The van der Waals surface area contributed by atoms with Crippen molar-refractivity contribution in [3.63, 3.8) is 0 Å². The van der Waals surface area contributed by atoms with E-state index in [-0.39, 0.29) is 17.8 Å². The SMILES string of the molecule is CC(C)c1nnc([C@](O)(C(C)C)C2CC2)o1. The molecule has 1 saturated carbocycles. The second-order valence-corrected chi connectivity index (χ2v) is 5.35. The van der Waals surface area contributed by atoms with Crippen molar-refractivity contribution in [2.75, 3.05) is 0 Å². The van der Waals surface area contributed by atoms with Crippen molar-refractivity contribution < 1.29 is 9.52 Å². The smallest absolute Gasteiger partial charge is 0.248 e. The topological polar surface area (TPSA) is 59.2 Å². The van der Waals surface area contributed by atoms with E-state index >= 15 is 0 Å². The molecule has 0 saturated heterocycles. The van der Waals surface area contributed by atoms with Crippen molar-refractivity contribution in [3.8, 4) is 0 Å². The first-order chi connectivity index (χ1) is 7.46. The van der Waals surface area contributed by atoms with Crippen LogP contribution in [0.5, 0.6) is 0 Å². The van der Waals surface area contributed by atoms with Crippen LogP contribution in [0.1, 0.15) is 58.2 Å². The van der Waals surface area contributed by atoms with Crippen LogP contribution >= 0.6 is 0 Å². The zero-order chi connectivity index (χ0) is 11.9. The second kappa shape index (κ2) is 3.84. The maximum Gasteiger partial charge on any atom is 0.248 e. The Morgan fingerprint density at radius 1 is 1.25 bits per heavy atom. The van der Waals surface area contributed by atoms with Crippen LogP contribution in [0.3, 0.4) is 0 Å². The Kier molecular flexibility index (Phi) is 2.78. The molecular weight excluding hydrogens is 204 g/mol. The fourth-order valence-corrected chi connectivity index (χ4v) is 2.05. The molecule has 0 bridgehead atoms. The molecule has 1 atom stereocenters. The van der Waals surface area contributed by atoms with Crippen molar-refractivity contribution in [2.24, 2.45) is 11.8 Å². The number of nitrogens with zero attached hydrogens (tertiary/aromatic N) is 2. The molecule has 0 radical (unpaired) electrons. The van der Waals surface area contributed by atoms with Crippen LogP contribution in [0.25, 0.3) is 0 Å². The number of hydrogen-bond acceptors (Lipinski definition) is 4. The van der Waals surface area contributed by atoms with Crippen LogP contribution < -0.4 is 0 Å². The number of aromatic nitrogens is 2. The van der Waals surface area contributed by atoms with Crippen molar-refractivity contribution in [3.05, 3.63) is 11.8 Å². The first kappa shape index (κ1) is 11.6. The lowest BCUT2D eigenvalue weighted by Gasteiger charge is -2.28. The van der Waals surface area contributed by atoms with Crippen molar-refractivity contribution in [1.29, 1.82) is 0 Å². The summed E-state index contributed by atoms with van der Waals surface area (Å²) in [7, 11) is 0. The van der Waals surface area contributed by atoms with E-state index in [0.717, 1.165) is 12.8 Å². The van der Waals surface area contributed by atoms with Crippen LogP contribution in [0, 0.1) is 11.8 Å². The van der Waals surface area contributed by atoms with E-state index in [2.05, 4.69) is 10.2 Å². The number of rotatable bonds is 4. The molecule has 1 N–H and O–H groups in total. The van der Waals surface area contributed by atoms with Crippen LogP contribution in [0.2, 0.25) is 0 Å². The third-order valence-corrected chi connectivity index (χ3v) is 3.36. The molecule has 1 aromatic heterocycles. The highest BCUT2D eigenvalue weighted by Crippen LogP contribution is 2.49. The van der Waals surface area contributed by atoms with Crippen LogP contribution in [-0.4, -0.2) is 15.3 Å². The molecular formula is C12H20N2O2. The summed E-state index contributed by atoms with van der Waals surface area (Å²) in [6.45, 7) is 8.00. The lowest BCUT2D eigenvalue weighted by Crippen LogP contribution is -2.35. The van der Waals surface area contributed by atoms with Gasteiger partial charge in [-0.1, -0.05) is 27.7 Å². The van der Waals surface area contributed by atoms with Crippen molar-refractivity contribution in [1.82, 2.24) is 10.2 Å². The molecule has 0 aliphatic heterocycles. The van der Waals surface area contributed by atoms with E-state index in [0.29, 0.717) is 11.8 Å². The average molecular weight is 224 g/mol. The quantitative estimate of drug-likeness (QED) is 0.853. The van der Waals surface area contributed by atoms with Gasteiger partial charge in [-0.05, 0) is 24.7 Å². The fraction of sp³-hybridized carbons (Fsp3) is 0.833. The Morgan fingerprint density at radius 2 is 1.88 bits per heavy atom. The van der Waals surface area contributed by atoms with Gasteiger partial charge in [0.25, 0.3) is 0 Å². The summed E-state index contributed by atoms with van der Waals surface area (Å²) in [6.07, 6.45) is 2.10. The summed E-state index contributed by atoms with van der Waals surface area (Å²) >= 11 is 0. The van der Waals surface area contributed by atoms with Gasteiger partial charge in [-0.3, -0.25) is 0 Å². The molecule has 1 fully saturated rings. The standard InChI is InChI=1S/C12H20N2O2/c1-7(2)10-13-14-11(16-10)12(15,8(3)4)9-5-6-9/h7-9,15H,5-6H2,1-4H3/t12-/m0/s1. The van der Waals surface area contributed by atoms with Gasteiger partial charge in [0.15, 0.2) is 0 Å². The highest BCUT2D eigenvalue weighted by Gasteiger charge is 2.51. The zero-order valence-electron chi connectivity index (χ0n) is 10.4. The predicted octanol–water partition coefficient (Wildman–Crippen LogP) is 2.45. The van der Waals surface area contributed by atoms with E-state index in [9.17, 15) is 5.11 Å². The van der Waals surface area contributed by atoms with Gasteiger partial charge in [0.2, 0.25) is 11.8 Å². The molecule has 0 amide bonds. The van der Waals surface area contributed by atoms with E-state index in [4.69, 9.17) is 4.42 Å². The first-order valence-electron chi connectivity index (χ1n) is 6.02. The van der Waals surface area contributed by atoms with E-state index in [1.54, 1.807) is 0 Å². The molecule has 0 aromatic carbocycles. The van der Waals surface area contributed by atoms with E-state index < -0.39 is 5.60 Å². The molecule has 1 aliphatic carbocycles. The van der Waals surface area contributed by atoms with Crippen molar-refractivity contribution in [2.45, 2.75) is 52.1 Å². The van der Waals surface area contributed by atoms with Crippen LogP contribution in [-0.2, 0) is 5.60 Å². The van der Waals surface area contributed by atoms with Gasteiger partial charge in [-0.15, -0.1) is 10.2 Å². The maximum atomic E-state index is 10.7. The molecule has 90 valence electrons. The molecule has 2 rings (SSSR count). The third kappa shape index (κ3) is 1.75. The Bertz CT molecular complexity index is 365. The minimum Gasteiger partial charge on any atom is -0.422 e. The lowest BCUT2D eigenvalue weighted by molar-refractivity contribution is -0.0560. The summed E-state index contributed by atoms with van der Waals surface area (Å²) in [4.78, 5) is 0. The molecule has 1 heterocycles. The van der Waals surface area contributed by atoms with Gasteiger partial charge in [0.1, 0.15) is 5.60 Å². The Balaban J connectivity index is 2.32. The molecule has 16 heavy (non-hydrogen) atoms. The average Bonchev–Trinajstić information content (AvgIpc) is 2.93. The molecule has 4 heteroatoms. The van der Waals surface area contributed by atoms with Gasteiger partial charge in [-0.25, -0.2) is 0 Å². The van der Waals surface area contributed by atoms with Gasteiger partial charge in [-0.2, -0.15) is 0 Å².